The third kappa shape index (κ3) is 4.78. The van der Waals surface area contributed by atoms with Gasteiger partial charge in [0.05, 0.1) is 12.6 Å². The first-order chi connectivity index (χ1) is 9.26. The van der Waals surface area contributed by atoms with Gasteiger partial charge in [-0.3, -0.25) is 14.5 Å². The lowest BCUT2D eigenvalue weighted by atomic mass is 10.0. The van der Waals surface area contributed by atoms with E-state index in [1.54, 1.807) is 0 Å². The van der Waals surface area contributed by atoms with Crippen LogP contribution < -0.4 is 5.32 Å². The smallest absolute Gasteiger partial charge is 0.317 e. The zero-order valence-electron chi connectivity index (χ0n) is 13.1. The maximum absolute atomic E-state index is 12.4. The molecule has 1 unspecified atom stereocenters. The molecule has 2 N–H and O–H groups in total. The van der Waals surface area contributed by atoms with Gasteiger partial charge in [-0.05, 0) is 40.0 Å². The summed E-state index contributed by atoms with van der Waals surface area (Å²) < 4.78 is 0. The van der Waals surface area contributed by atoms with E-state index < -0.39 is 12.0 Å². The van der Waals surface area contributed by atoms with Crippen LogP contribution in [0.5, 0.6) is 0 Å². The molecule has 0 aromatic rings. The van der Waals surface area contributed by atoms with E-state index in [2.05, 4.69) is 5.32 Å². The molecule has 0 heterocycles. The van der Waals surface area contributed by atoms with Crippen LogP contribution in [0, 0.1) is 0 Å². The number of hydrogen-bond acceptors (Lipinski definition) is 3. The summed E-state index contributed by atoms with van der Waals surface area (Å²) in [7, 11) is 0. The first-order valence-corrected chi connectivity index (χ1v) is 7.56. The van der Waals surface area contributed by atoms with Crippen molar-refractivity contribution in [2.24, 2.45) is 0 Å². The fourth-order valence-corrected chi connectivity index (χ4v) is 2.65. The van der Waals surface area contributed by atoms with Gasteiger partial charge in [0.2, 0.25) is 5.91 Å². The lowest BCUT2D eigenvalue weighted by Crippen LogP contribution is -2.55. The molecule has 1 atom stereocenters. The number of aliphatic carboxylic acids is 1. The van der Waals surface area contributed by atoms with Gasteiger partial charge in [0.1, 0.15) is 0 Å². The molecule has 0 aliphatic heterocycles. The van der Waals surface area contributed by atoms with Crippen LogP contribution in [0.25, 0.3) is 0 Å². The molecule has 5 nitrogen and oxygen atoms in total. The van der Waals surface area contributed by atoms with Crippen LogP contribution in [0.2, 0.25) is 0 Å². The largest absolute Gasteiger partial charge is 0.480 e. The normalized spacial score (nSPS) is 18.2. The maximum atomic E-state index is 12.4. The molecule has 0 bridgehead atoms. The van der Waals surface area contributed by atoms with Crippen LogP contribution in [-0.2, 0) is 9.59 Å². The quantitative estimate of drug-likeness (QED) is 0.750. The van der Waals surface area contributed by atoms with E-state index in [1.807, 2.05) is 32.6 Å². The number of nitrogens with one attached hydrogen (secondary N) is 1. The van der Waals surface area contributed by atoms with Crippen molar-refractivity contribution in [2.75, 3.05) is 6.54 Å². The van der Waals surface area contributed by atoms with Crippen LogP contribution in [0.4, 0.5) is 0 Å². The van der Waals surface area contributed by atoms with Gasteiger partial charge >= 0.3 is 5.97 Å². The van der Waals surface area contributed by atoms with E-state index in [9.17, 15) is 9.59 Å². The van der Waals surface area contributed by atoms with Crippen LogP contribution in [0.15, 0.2) is 0 Å². The minimum Gasteiger partial charge on any atom is -0.480 e. The molecule has 1 saturated carbocycles. The SMILES string of the molecule is CCC(C)(C)NC(=O)C(C)N(CC(=O)O)C1CCCC1. The van der Waals surface area contributed by atoms with Crippen molar-refractivity contribution in [3.8, 4) is 0 Å². The Labute approximate surface area is 121 Å². The van der Waals surface area contributed by atoms with Crippen molar-refractivity contribution in [2.45, 2.75) is 77.4 Å². The zero-order valence-corrected chi connectivity index (χ0v) is 13.1. The van der Waals surface area contributed by atoms with Gasteiger partial charge < -0.3 is 10.4 Å². The molecular weight excluding hydrogens is 256 g/mol. The zero-order chi connectivity index (χ0) is 15.3. The Kier molecular flexibility index (Phi) is 5.99. The molecule has 0 aromatic carbocycles. The summed E-state index contributed by atoms with van der Waals surface area (Å²) in [6.07, 6.45) is 5.06. The number of amides is 1. The molecule has 1 amide bonds. The van der Waals surface area contributed by atoms with Crippen molar-refractivity contribution in [1.82, 2.24) is 10.2 Å². The van der Waals surface area contributed by atoms with E-state index in [0.29, 0.717) is 0 Å². The van der Waals surface area contributed by atoms with Crippen LogP contribution in [0.3, 0.4) is 0 Å². The highest BCUT2D eigenvalue weighted by Gasteiger charge is 2.33. The molecule has 20 heavy (non-hydrogen) atoms. The third-order valence-electron chi connectivity index (χ3n) is 4.33. The standard InChI is InChI=1S/C15H28N2O3/c1-5-15(3,4)16-14(20)11(2)17(10-13(18)19)12-8-6-7-9-12/h11-12H,5-10H2,1-4H3,(H,16,20)(H,18,19). The second-order valence-electron chi connectivity index (χ2n) is 6.41. The number of hydrogen-bond donors (Lipinski definition) is 2. The number of carbonyl (C=O) groups is 2. The monoisotopic (exact) mass is 284 g/mol. The molecule has 1 aliphatic rings. The second kappa shape index (κ2) is 7.07. The Morgan fingerprint density at radius 2 is 1.90 bits per heavy atom. The van der Waals surface area contributed by atoms with E-state index in [0.717, 1.165) is 32.1 Å². The molecule has 1 aliphatic carbocycles. The van der Waals surface area contributed by atoms with Gasteiger partial charge in [-0.25, -0.2) is 0 Å². The highest BCUT2D eigenvalue weighted by atomic mass is 16.4. The van der Waals surface area contributed by atoms with Crippen molar-refractivity contribution in [3.05, 3.63) is 0 Å². The fourth-order valence-electron chi connectivity index (χ4n) is 2.65. The Bertz CT molecular complexity index is 349. The fraction of sp³-hybridized carbons (Fsp3) is 0.867. The Morgan fingerprint density at radius 1 is 1.35 bits per heavy atom. The number of nitrogens with zero attached hydrogens (tertiary/aromatic N) is 1. The molecule has 0 spiro atoms. The van der Waals surface area contributed by atoms with Crippen LogP contribution in [-0.4, -0.2) is 46.1 Å². The minimum atomic E-state index is -0.869. The highest BCUT2D eigenvalue weighted by molar-refractivity contribution is 5.82. The highest BCUT2D eigenvalue weighted by Crippen LogP contribution is 2.25. The molecular formula is C15H28N2O3. The lowest BCUT2D eigenvalue weighted by Gasteiger charge is -2.34. The van der Waals surface area contributed by atoms with Crippen molar-refractivity contribution >= 4 is 11.9 Å². The van der Waals surface area contributed by atoms with Crippen LogP contribution in [0.1, 0.15) is 59.8 Å². The van der Waals surface area contributed by atoms with E-state index >= 15 is 0 Å². The lowest BCUT2D eigenvalue weighted by molar-refractivity contribution is -0.141. The van der Waals surface area contributed by atoms with Gasteiger partial charge in [0, 0.05) is 11.6 Å². The van der Waals surface area contributed by atoms with E-state index in [4.69, 9.17) is 5.11 Å². The third-order valence-corrected chi connectivity index (χ3v) is 4.33. The summed E-state index contributed by atoms with van der Waals surface area (Å²) >= 11 is 0. The molecule has 116 valence electrons. The summed E-state index contributed by atoms with van der Waals surface area (Å²) in [5.41, 5.74) is -0.254. The number of rotatable bonds is 7. The topological polar surface area (TPSA) is 69.6 Å². The summed E-state index contributed by atoms with van der Waals surface area (Å²) in [4.78, 5) is 25.3. The van der Waals surface area contributed by atoms with Gasteiger partial charge in [-0.1, -0.05) is 19.8 Å². The molecule has 0 aromatic heterocycles. The average Bonchev–Trinajstić information content (AvgIpc) is 2.88. The molecule has 0 radical (unpaired) electrons. The summed E-state index contributed by atoms with van der Waals surface area (Å²) in [6, 6.07) is -0.184. The Balaban J connectivity index is 2.73. The number of carboxylic acids is 1. The summed E-state index contributed by atoms with van der Waals surface area (Å²) in [5.74, 6) is -0.948. The molecule has 0 saturated heterocycles. The van der Waals surface area contributed by atoms with Crippen molar-refractivity contribution in [3.63, 3.8) is 0 Å². The van der Waals surface area contributed by atoms with Gasteiger partial charge in [0.25, 0.3) is 0 Å². The minimum absolute atomic E-state index is 0.0637. The molecule has 1 rings (SSSR count). The molecule has 1 fully saturated rings. The average molecular weight is 284 g/mol. The van der Waals surface area contributed by atoms with Gasteiger partial charge in [-0.2, -0.15) is 0 Å². The van der Waals surface area contributed by atoms with Gasteiger partial charge in [0.15, 0.2) is 0 Å². The second-order valence-corrected chi connectivity index (χ2v) is 6.41. The summed E-state index contributed by atoms with van der Waals surface area (Å²) in [6.45, 7) is 7.73. The number of carboxylic acid groups (broad SMARTS) is 1. The van der Waals surface area contributed by atoms with Crippen molar-refractivity contribution < 1.29 is 14.7 Å². The van der Waals surface area contributed by atoms with Crippen molar-refractivity contribution in [1.29, 1.82) is 0 Å². The predicted molar refractivity (Wildman–Crippen MR) is 78.6 cm³/mol. The number of carbonyl (C=O) groups excluding carboxylic acids is 1. The first-order valence-electron chi connectivity index (χ1n) is 7.56. The summed E-state index contributed by atoms with van der Waals surface area (Å²) in [5, 5.41) is 12.1. The van der Waals surface area contributed by atoms with Crippen LogP contribution >= 0.6 is 0 Å². The Hall–Kier alpha value is -1.10. The maximum Gasteiger partial charge on any atom is 0.317 e. The Morgan fingerprint density at radius 3 is 2.35 bits per heavy atom. The predicted octanol–water partition coefficient (Wildman–Crippen LogP) is 2.01. The molecule has 5 heteroatoms. The van der Waals surface area contributed by atoms with E-state index in [1.165, 1.54) is 0 Å². The van der Waals surface area contributed by atoms with E-state index in [-0.39, 0.29) is 24.0 Å². The first kappa shape index (κ1) is 17.0. The van der Waals surface area contributed by atoms with Gasteiger partial charge in [-0.15, -0.1) is 0 Å².